The van der Waals surface area contributed by atoms with Gasteiger partial charge in [-0.25, -0.2) is 0 Å². The van der Waals surface area contributed by atoms with Gasteiger partial charge in [-0.2, -0.15) is 0 Å². The molecular formula is C18H25NO2. The molecule has 3 nitrogen and oxygen atoms in total. The Bertz CT molecular complexity index is 472. The fourth-order valence-corrected chi connectivity index (χ4v) is 2.68. The van der Waals surface area contributed by atoms with Crippen LogP contribution < -0.4 is 4.74 Å². The summed E-state index contributed by atoms with van der Waals surface area (Å²) >= 11 is 0. The minimum atomic E-state index is 0.115. The number of piperidine rings is 1. The predicted molar refractivity (Wildman–Crippen MR) is 85.4 cm³/mol. The molecule has 0 spiro atoms. The van der Waals surface area contributed by atoms with E-state index in [2.05, 4.69) is 23.8 Å². The Morgan fingerprint density at radius 3 is 2.81 bits per heavy atom. The molecule has 1 aliphatic rings. The smallest absolute Gasteiger partial charge is 0.119 e. The number of aliphatic hydroxyl groups is 1. The van der Waals surface area contributed by atoms with Crippen molar-refractivity contribution in [2.24, 2.45) is 0 Å². The molecule has 2 rings (SSSR count). The molecule has 1 fully saturated rings. The van der Waals surface area contributed by atoms with Crippen LogP contribution in [0.4, 0.5) is 0 Å². The van der Waals surface area contributed by atoms with Crippen molar-refractivity contribution >= 4 is 0 Å². The first-order chi connectivity index (χ1) is 10.3. The van der Waals surface area contributed by atoms with Crippen LogP contribution in [-0.4, -0.2) is 42.9 Å². The normalized spacial score (nSPS) is 18.9. The second-order valence-electron chi connectivity index (χ2n) is 5.57. The van der Waals surface area contributed by atoms with Gasteiger partial charge in [0.25, 0.3) is 0 Å². The Labute approximate surface area is 127 Å². The van der Waals surface area contributed by atoms with E-state index < -0.39 is 0 Å². The van der Waals surface area contributed by atoms with Crippen molar-refractivity contribution in [1.29, 1.82) is 0 Å². The molecule has 1 atom stereocenters. The lowest BCUT2D eigenvalue weighted by Crippen LogP contribution is -2.37. The van der Waals surface area contributed by atoms with Gasteiger partial charge in [0.1, 0.15) is 5.75 Å². The Balaban J connectivity index is 1.74. The second-order valence-corrected chi connectivity index (χ2v) is 5.57. The fraction of sp³-hybridized carbons (Fsp3) is 0.556. The Morgan fingerprint density at radius 1 is 1.29 bits per heavy atom. The molecule has 3 heteroatoms. The summed E-state index contributed by atoms with van der Waals surface area (Å²) in [5, 5.41) is 8.69. The first-order valence-corrected chi connectivity index (χ1v) is 7.82. The van der Waals surface area contributed by atoms with E-state index in [1.165, 1.54) is 25.8 Å². The number of rotatable bonds is 5. The topological polar surface area (TPSA) is 32.7 Å². The van der Waals surface area contributed by atoms with Gasteiger partial charge in [0.15, 0.2) is 0 Å². The number of hydrogen-bond donors (Lipinski definition) is 1. The second kappa shape index (κ2) is 8.71. The van der Waals surface area contributed by atoms with Crippen LogP contribution in [0.2, 0.25) is 0 Å². The van der Waals surface area contributed by atoms with Crippen molar-refractivity contribution in [2.75, 3.05) is 26.8 Å². The molecule has 0 aliphatic carbocycles. The molecule has 1 aliphatic heterocycles. The minimum Gasteiger partial charge on any atom is -0.494 e. The van der Waals surface area contributed by atoms with E-state index in [1.54, 1.807) is 0 Å². The Kier molecular flexibility index (Phi) is 6.59. The number of benzene rings is 1. The standard InChI is InChI=1S/C18H25NO2/c1-19-13-4-2-7-17(19)12-15-21-18-10-8-16(9-11-18)6-3-5-14-20/h8-11,17,20H,2,4-5,7,12-15H2,1H3. The van der Waals surface area contributed by atoms with E-state index in [0.717, 1.165) is 24.3 Å². The quantitative estimate of drug-likeness (QED) is 0.845. The zero-order chi connectivity index (χ0) is 14.9. The molecule has 0 radical (unpaired) electrons. The molecule has 0 aromatic heterocycles. The van der Waals surface area contributed by atoms with Crippen LogP contribution in [0.1, 0.15) is 37.7 Å². The summed E-state index contributed by atoms with van der Waals surface area (Å²) in [6.07, 6.45) is 5.57. The molecule has 1 aromatic carbocycles. The molecule has 21 heavy (non-hydrogen) atoms. The third-order valence-corrected chi connectivity index (χ3v) is 3.97. The summed E-state index contributed by atoms with van der Waals surface area (Å²) in [5.74, 6) is 6.83. The van der Waals surface area contributed by atoms with Crippen LogP contribution in [0.3, 0.4) is 0 Å². The molecule has 114 valence electrons. The lowest BCUT2D eigenvalue weighted by molar-refractivity contribution is 0.153. The highest BCUT2D eigenvalue weighted by molar-refractivity contribution is 5.38. The van der Waals surface area contributed by atoms with Crippen molar-refractivity contribution in [2.45, 2.75) is 38.1 Å². The summed E-state index contributed by atoms with van der Waals surface area (Å²) in [4.78, 5) is 2.45. The summed E-state index contributed by atoms with van der Waals surface area (Å²) < 4.78 is 5.82. The maximum atomic E-state index is 8.69. The van der Waals surface area contributed by atoms with E-state index in [9.17, 15) is 0 Å². The maximum absolute atomic E-state index is 8.69. The van der Waals surface area contributed by atoms with E-state index in [-0.39, 0.29) is 6.61 Å². The summed E-state index contributed by atoms with van der Waals surface area (Å²) in [6, 6.07) is 8.53. The molecule has 1 N–H and O–H groups in total. The van der Waals surface area contributed by atoms with Gasteiger partial charge in [0.2, 0.25) is 0 Å². The van der Waals surface area contributed by atoms with E-state index in [1.807, 2.05) is 24.3 Å². The van der Waals surface area contributed by atoms with Gasteiger partial charge >= 0.3 is 0 Å². The first kappa shape index (κ1) is 15.9. The number of nitrogens with zero attached hydrogens (tertiary/aromatic N) is 1. The van der Waals surface area contributed by atoms with Gasteiger partial charge in [-0.3, -0.25) is 0 Å². The summed E-state index contributed by atoms with van der Waals surface area (Å²) in [6.45, 7) is 2.10. The van der Waals surface area contributed by atoms with Gasteiger partial charge in [0, 0.05) is 18.0 Å². The highest BCUT2D eigenvalue weighted by Gasteiger charge is 2.18. The third kappa shape index (κ3) is 5.41. The molecule has 0 saturated carbocycles. The lowest BCUT2D eigenvalue weighted by Gasteiger charge is -2.32. The van der Waals surface area contributed by atoms with Crippen molar-refractivity contribution in [3.8, 4) is 17.6 Å². The summed E-state index contributed by atoms with van der Waals surface area (Å²) in [5.41, 5.74) is 0.961. The molecule has 0 bridgehead atoms. The highest BCUT2D eigenvalue weighted by Crippen LogP contribution is 2.18. The SMILES string of the molecule is CN1CCCCC1CCOc1ccc(C#CCCO)cc1. The zero-order valence-corrected chi connectivity index (χ0v) is 12.8. The largest absolute Gasteiger partial charge is 0.494 e. The number of aliphatic hydroxyl groups excluding tert-OH is 1. The number of hydrogen-bond acceptors (Lipinski definition) is 3. The minimum absolute atomic E-state index is 0.115. The van der Waals surface area contributed by atoms with Crippen molar-refractivity contribution in [3.63, 3.8) is 0 Å². The monoisotopic (exact) mass is 287 g/mol. The van der Waals surface area contributed by atoms with Crippen molar-refractivity contribution < 1.29 is 9.84 Å². The first-order valence-electron chi connectivity index (χ1n) is 7.82. The number of ether oxygens (including phenoxy) is 1. The molecule has 1 saturated heterocycles. The van der Waals surface area contributed by atoms with Crippen LogP contribution in [0.5, 0.6) is 5.75 Å². The van der Waals surface area contributed by atoms with Crippen molar-refractivity contribution in [3.05, 3.63) is 29.8 Å². The Hall–Kier alpha value is -1.50. The molecule has 0 amide bonds. The van der Waals surface area contributed by atoms with Gasteiger partial charge < -0.3 is 14.7 Å². The van der Waals surface area contributed by atoms with Crippen LogP contribution in [-0.2, 0) is 0 Å². The van der Waals surface area contributed by atoms with E-state index in [4.69, 9.17) is 9.84 Å². The highest BCUT2D eigenvalue weighted by atomic mass is 16.5. The average molecular weight is 287 g/mol. The van der Waals surface area contributed by atoms with Gasteiger partial charge in [-0.05, 0) is 57.1 Å². The van der Waals surface area contributed by atoms with Crippen LogP contribution >= 0.6 is 0 Å². The van der Waals surface area contributed by atoms with E-state index >= 15 is 0 Å². The van der Waals surface area contributed by atoms with Crippen LogP contribution in [0, 0.1) is 11.8 Å². The lowest BCUT2D eigenvalue weighted by atomic mass is 10.0. The molecule has 1 unspecified atom stereocenters. The molecule has 1 heterocycles. The maximum Gasteiger partial charge on any atom is 0.119 e. The van der Waals surface area contributed by atoms with E-state index in [0.29, 0.717) is 12.5 Å². The summed E-state index contributed by atoms with van der Waals surface area (Å²) in [7, 11) is 2.21. The van der Waals surface area contributed by atoms with Gasteiger partial charge in [-0.15, -0.1) is 0 Å². The molecular weight excluding hydrogens is 262 g/mol. The fourth-order valence-electron chi connectivity index (χ4n) is 2.68. The van der Waals surface area contributed by atoms with Crippen LogP contribution in [0.25, 0.3) is 0 Å². The van der Waals surface area contributed by atoms with Gasteiger partial charge in [-0.1, -0.05) is 18.3 Å². The number of likely N-dealkylation sites (tertiary alicyclic amines) is 1. The van der Waals surface area contributed by atoms with Gasteiger partial charge in [0.05, 0.1) is 13.2 Å². The van der Waals surface area contributed by atoms with Crippen molar-refractivity contribution in [1.82, 2.24) is 4.90 Å². The van der Waals surface area contributed by atoms with Crippen LogP contribution in [0.15, 0.2) is 24.3 Å². The third-order valence-electron chi connectivity index (χ3n) is 3.97. The zero-order valence-electron chi connectivity index (χ0n) is 12.8. The predicted octanol–water partition coefficient (Wildman–Crippen LogP) is 2.67. The Morgan fingerprint density at radius 2 is 2.10 bits per heavy atom. The average Bonchev–Trinajstić information content (AvgIpc) is 2.51. The molecule has 1 aromatic rings.